The molecule has 1 aromatic heterocycles. The van der Waals surface area contributed by atoms with Crippen LogP contribution in [-0.4, -0.2) is 44.4 Å². The lowest BCUT2D eigenvalue weighted by Crippen LogP contribution is -2.42. The summed E-state index contributed by atoms with van der Waals surface area (Å²) < 4.78 is 2.20. The highest BCUT2D eigenvalue weighted by Crippen LogP contribution is 2.36. The average molecular weight is 409 g/mol. The molecule has 2 aromatic rings. The molecule has 1 fully saturated rings. The first-order valence-corrected chi connectivity index (χ1v) is 11.1. The van der Waals surface area contributed by atoms with Crippen molar-refractivity contribution >= 4 is 11.8 Å². The van der Waals surface area contributed by atoms with E-state index in [2.05, 4.69) is 28.6 Å². The lowest BCUT2D eigenvalue weighted by atomic mass is 10.0. The van der Waals surface area contributed by atoms with Crippen LogP contribution in [0.25, 0.3) is 11.4 Å². The topological polar surface area (TPSA) is 67.2 Å². The van der Waals surface area contributed by atoms with Crippen molar-refractivity contribution in [3.63, 3.8) is 0 Å². The first-order chi connectivity index (χ1) is 14.3. The van der Waals surface area contributed by atoms with Gasteiger partial charge in [-0.15, -0.1) is 0 Å². The fourth-order valence-corrected chi connectivity index (χ4v) is 4.85. The van der Waals surface area contributed by atoms with Crippen LogP contribution in [0.15, 0.2) is 30.3 Å². The third-order valence-electron chi connectivity index (χ3n) is 6.05. The van der Waals surface area contributed by atoms with Crippen molar-refractivity contribution in [1.82, 2.24) is 19.8 Å². The molecular weight excluding hydrogens is 376 g/mol. The Labute approximate surface area is 178 Å². The summed E-state index contributed by atoms with van der Waals surface area (Å²) in [5.74, 6) is 1.27. The van der Waals surface area contributed by atoms with Crippen molar-refractivity contribution in [1.29, 1.82) is 0 Å². The van der Waals surface area contributed by atoms with Crippen LogP contribution >= 0.6 is 0 Å². The Kier molecular flexibility index (Phi) is 5.67. The Morgan fingerprint density at radius 1 is 1.10 bits per heavy atom. The molecule has 2 aliphatic heterocycles. The van der Waals surface area contributed by atoms with Gasteiger partial charge in [0.15, 0.2) is 0 Å². The summed E-state index contributed by atoms with van der Waals surface area (Å²) in [4.78, 5) is 33.0. The third kappa shape index (κ3) is 3.87. The number of carbonyl (C=O) groups excluding carboxylic acids is 2. The van der Waals surface area contributed by atoms with Gasteiger partial charge in [-0.2, -0.15) is 0 Å². The zero-order valence-corrected chi connectivity index (χ0v) is 18.4. The van der Waals surface area contributed by atoms with E-state index in [9.17, 15) is 9.59 Å². The summed E-state index contributed by atoms with van der Waals surface area (Å²) in [7, 11) is 0. The average Bonchev–Trinajstić information content (AvgIpc) is 3.18. The van der Waals surface area contributed by atoms with Crippen molar-refractivity contribution in [2.45, 2.75) is 78.0 Å². The second kappa shape index (κ2) is 8.25. The summed E-state index contributed by atoms with van der Waals surface area (Å²) >= 11 is 0. The van der Waals surface area contributed by atoms with Crippen LogP contribution in [0.5, 0.6) is 0 Å². The van der Waals surface area contributed by atoms with Crippen LogP contribution in [0.4, 0.5) is 0 Å². The minimum Gasteiger partial charge on any atom is -0.348 e. The Bertz CT molecular complexity index is 932. The van der Waals surface area contributed by atoms with Gasteiger partial charge in [-0.1, -0.05) is 44.2 Å². The van der Waals surface area contributed by atoms with Gasteiger partial charge in [0.25, 0.3) is 5.91 Å². The van der Waals surface area contributed by atoms with Crippen LogP contribution in [0.1, 0.15) is 63.1 Å². The van der Waals surface area contributed by atoms with Crippen LogP contribution < -0.4 is 5.32 Å². The van der Waals surface area contributed by atoms with Crippen molar-refractivity contribution in [2.75, 3.05) is 0 Å². The van der Waals surface area contributed by atoms with Gasteiger partial charge >= 0.3 is 0 Å². The fraction of sp³-hybridized carbons (Fsp3) is 0.542. The largest absolute Gasteiger partial charge is 0.348 e. The SMILES string of the molecule is CC(C)CC(=O)N1[C@@H]2CC[C@H]1Cc1c(C(=O)NC(C)C)nc(-c3ccccc3)n1C2. The molecule has 6 nitrogen and oxygen atoms in total. The van der Waals surface area contributed by atoms with E-state index in [-0.39, 0.29) is 29.9 Å². The summed E-state index contributed by atoms with van der Waals surface area (Å²) in [6.07, 6.45) is 3.26. The van der Waals surface area contributed by atoms with E-state index in [1.165, 1.54) is 0 Å². The number of rotatable bonds is 5. The number of nitrogens with zero attached hydrogens (tertiary/aromatic N) is 3. The zero-order chi connectivity index (χ0) is 21.4. The first kappa shape index (κ1) is 20.6. The minimum absolute atomic E-state index is 0.0429. The molecule has 2 aliphatic rings. The summed E-state index contributed by atoms with van der Waals surface area (Å²) in [6, 6.07) is 10.4. The molecule has 160 valence electrons. The molecule has 1 N–H and O–H groups in total. The lowest BCUT2D eigenvalue weighted by Gasteiger charge is -2.29. The normalized spacial score (nSPS) is 20.4. The van der Waals surface area contributed by atoms with Crippen molar-refractivity contribution in [2.24, 2.45) is 5.92 Å². The van der Waals surface area contributed by atoms with Crippen LogP contribution in [0, 0.1) is 5.92 Å². The molecule has 30 heavy (non-hydrogen) atoms. The Morgan fingerprint density at radius 3 is 2.47 bits per heavy atom. The number of aromatic nitrogens is 2. The van der Waals surface area contributed by atoms with Gasteiger partial charge in [0.2, 0.25) is 5.91 Å². The maximum Gasteiger partial charge on any atom is 0.271 e. The van der Waals surface area contributed by atoms with E-state index in [1.54, 1.807) is 0 Å². The molecule has 6 heteroatoms. The van der Waals surface area contributed by atoms with E-state index in [0.717, 1.165) is 29.9 Å². The van der Waals surface area contributed by atoms with E-state index >= 15 is 0 Å². The van der Waals surface area contributed by atoms with Crippen molar-refractivity contribution in [3.05, 3.63) is 41.7 Å². The lowest BCUT2D eigenvalue weighted by molar-refractivity contribution is -0.134. The Balaban J connectivity index is 1.76. The van der Waals surface area contributed by atoms with Gasteiger partial charge in [-0.3, -0.25) is 9.59 Å². The predicted octanol–water partition coefficient (Wildman–Crippen LogP) is 3.65. The fourth-order valence-electron chi connectivity index (χ4n) is 4.85. The number of hydrogen-bond acceptors (Lipinski definition) is 3. The number of nitrogens with one attached hydrogen (secondary N) is 1. The molecule has 0 saturated carbocycles. The molecule has 3 heterocycles. The Morgan fingerprint density at radius 2 is 1.80 bits per heavy atom. The molecule has 1 saturated heterocycles. The van der Waals surface area contributed by atoms with Crippen LogP contribution in [0.3, 0.4) is 0 Å². The molecule has 2 bridgehead atoms. The minimum atomic E-state index is -0.131. The monoisotopic (exact) mass is 408 g/mol. The van der Waals surface area contributed by atoms with Gasteiger partial charge in [-0.05, 0) is 32.6 Å². The van der Waals surface area contributed by atoms with Crippen LogP contribution in [0.2, 0.25) is 0 Å². The molecule has 0 aliphatic carbocycles. The highest BCUT2D eigenvalue weighted by atomic mass is 16.2. The molecule has 4 rings (SSSR count). The predicted molar refractivity (Wildman–Crippen MR) is 117 cm³/mol. The first-order valence-electron chi connectivity index (χ1n) is 11.1. The van der Waals surface area contributed by atoms with Crippen molar-refractivity contribution in [3.8, 4) is 11.4 Å². The van der Waals surface area contributed by atoms with Crippen molar-refractivity contribution < 1.29 is 9.59 Å². The molecular formula is C24H32N4O2. The number of amides is 2. The van der Waals surface area contributed by atoms with E-state index in [0.29, 0.717) is 31.0 Å². The summed E-state index contributed by atoms with van der Waals surface area (Å²) in [5.41, 5.74) is 2.47. The highest BCUT2D eigenvalue weighted by molar-refractivity contribution is 5.94. The van der Waals surface area contributed by atoms with E-state index in [1.807, 2.05) is 44.2 Å². The Hall–Kier alpha value is -2.63. The third-order valence-corrected chi connectivity index (χ3v) is 6.05. The quantitative estimate of drug-likeness (QED) is 0.821. The molecule has 0 unspecified atom stereocenters. The second-order valence-electron chi connectivity index (χ2n) is 9.32. The highest BCUT2D eigenvalue weighted by Gasteiger charge is 2.42. The molecule has 1 aromatic carbocycles. The number of carbonyl (C=O) groups is 2. The van der Waals surface area contributed by atoms with Gasteiger partial charge in [-0.25, -0.2) is 4.98 Å². The number of benzene rings is 1. The molecule has 2 atom stereocenters. The van der Waals surface area contributed by atoms with Gasteiger partial charge in [0, 0.05) is 37.0 Å². The maximum atomic E-state index is 13.0. The van der Waals surface area contributed by atoms with Gasteiger partial charge in [0.1, 0.15) is 11.5 Å². The maximum absolute atomic E-state index is 13.0. The number of hydrogen-bond donors (Lipinski definition) is 1. The summed E-state index contributed by atoms with van der Waals surface area (Å²) in [6.45, 7) is 8.79. The van der Waals surface area contributed by atoms with E-state index < -0.39 is 0 Å². The van der Waals surface area contributed by atoms with Gasteiger partial charge in [0.05, 0.1) is 11.7 Å². The zero-order valence-electron chi connectivity index (χ0n) is 18.4. The van der Waals surface area contributed by atoms with E-state index in [4.69, 9.17) is 4.98 Å². The second-order valence-corrected chi connectivity index (χ2v) is 9.32. The number of imidazole rings is 1. The summed E-state index contributed by atoms with van der Waals surface area (Å²) in [5, 5.41) is 3.00. The molecule has 2 amide bonds. The molecule has 0 radical (unpaired) electrons. The van der Waals surface area contributed by atoms with Crippen LogP contribution in [-0.2, 0) is 17.8 Å². The standard InChI is InChI=1S/C24H32N4O2/c1-15(2)12-21(29)28-18-10-11-19(28)14-27-20(13-18)22(24(30)25-16(3)4)26-23(27)17-8-6-5-7-9-17/h5-9,15-16,18-19H,10-14H2,1-4H3,(H,25,30)/t18-,19+/m0/s1. The van der Waals surface area contributed by atoms with Gasteiger partial charge < -0.3 is 14.8 Å². The smallest absolute Gasteiger partial charge is 0.271 e. The molecule has 0 spiro atoms. The number of fused-ring (bicyclic) bond motifs is 3.